The van der Waals surface area contributed by atoms with Crippen molar-refractivity contribution in [3.63, 3.8) is 0 Å². The van der Waals surface area contributed by atoms with Gasteiger partial charge >= 0.3 is 0 Å². The second kappa shape index (κ2) is 5.96. The van der Waals surface area contributed by atoms with Crippen molar-refractivity contribution in [2.45, 2.75) is 6.42 Å². The Morgan fingerprint density at radius 3 is 2.05 bits per heavy atom. The number of rotatable bonds is 4. The molecule has 1 N–H and O–H groups in total. The molecule has 8 heteroatoms. The van der Waals surface area contributed by atoms with E-state index in [0.717, 1.165) is 12.4 Å². The van der Waals surface area contributed by atoms with Gasteiger partial charge < -0.3 is 5.11 Å². The molecule has 1 aromatic carbocycles. The van der Waals surface area contributed by atoms with Crippen LogP contribution in [0.25, 0.3) is 0 Å². The van der Waals surface area contributed by atoms with Gasteiger partial charge in [-0.1, -0.05) is 0 Å². The second-order valence-electron chi connectivity index (χ2n) is 4.09. The zero-order valence-corrected chi connectivity index (χ0v) is 10.4. The van der Waals surface area contributed by atoms with Gasteiger partial charge in [0.15, 0.2) is 29.1 Å². The summed E-state index contributed by atoms with van der Waals surface area (Å²) in [5.74, 6) is -6.84. The van der Waals surface area contributed by atoms with Gasteiger partial charge in [0.2, 0.25) is 0 Å². The van der Waals surface area contributed by atoms with Gasteiger partial charge in [-0.2, -0.15) is 0 Å². The minimum atomic E-state index is -1.52. The number of benzene rings is 1. The predicted molar refractivity (Wildman–Crippen MR) is 62.5 cm³/mol. The molecular formula is C13H8F4N2O2. The number of nitrogens with zero attached hydrogens (tertiary/aromatic N) is 2. The van der Waals surface area contributed by atoms with Gasteiger partial charge in [0, 0.05) is 30.4 Å². The Morgan fingerprint density at radius 2 is 1.57 bits per heavy atom. The Morgan fingerprint density at radius 1 is 1.05 bits per heavy atom. The van der Waals surface area contributed by atoms with Crippen LogP contribution in [0, 0.1) is 23.3 Å². The smallest absolute Gasteiger partial charge is 0.191 e. The van der Waals surface area contributed by atoms with Gasteiger partial charge in [0.05, 0.1) is 5.56 Å². The SMILES string of the molecule is O=C(CO)c1cnc(Cc2c(F)c(F)cc(F)c2F)nc1. The fourth-order valence-electron chi connectivity index (χ4n) is 1.62. The van der Waals surface area contributed by atoms with Crippen molar-refractivity contribution in [2.24, 2.45) is 0 Å². The predicted octanol–water partition coefficient (Wildman–Crippen LogP) is 1.80. The van der Waals surface area contributed by atoms with E-state index in [-0.39, 0.29) is 17.5 Å². The van der Waals surface area contributed by atoms with Crippen molar-refractivity contribution in [3.8, 4) is 0 Å². The van der Waals surface area contributed by atoms with Crippen LogP contribution in [0.15, 0.2) is 18.5 Å². The number of aromatic nitrogens is 2. The standard InChI is InChI=1S/C13H8F4N2O2/c14-8-2-9(15)13(17)7(12(8)16)1-11-18-3-6(4-19-11)10(21)5-20/h2-4,20H,1,5H2. The summed E-state index contributed by atoms with van der Waals surface area (Å²) in [6.07, 6.45) is 1.51. The van der Waals surface area contributed by atoms with Crippen LogP contribution in [0.3, 0.4) is 0 Å². The number of aliphatic hydroxyl groups is 1. The van der Waals surface area contributed by atoms with Crippen LogP contribution in [0.1, 0.15) is 21.7 Å². The van der Waals surface area contributed by atoms with Gasteiger partial charge in [0.1, 0.15) is 12.4 Å². The van der Waals surface area contributed by atoms with Crippen LogP contribution in [0.2, 0.25) is 0 Å². The summed E-state index contributed by atoms with van der Waals surface area (Å²) in [5.41, 5.74) is -0.832. The van der Waals surface area contributed by atoms with Crippen LogP contribution in [0.5, 0.6) is 0 Å². The van der Waals surface area contributed by atoms with E-state index in [1.807, 2.05) is 0 Å². The lowest BCUT2D eigenvalue weighted by molar-refractivity contribution is 0.0903. The highest BCUT2D eigenvalue weighted by atomic mass is 19.2. The second-order valence-corrected chi connectivity index (χ2v) is 4.09. The minimum absolute atomic E-state index is 0.00705. The first kappa shape index (κ1) is 15.0. The molecule has 0 atom stereocenters. The Hall–Kier alpha value is -2.35. The molecule has 0 saturated carbocycles. The van der Waals surface area contributed by atoms with Crippen molar-refractivity contribution in [1.82, 2.24) is 9.97 Å². The summed E-state index contributed by atoms with van der Waals surface area (Å²) in [6.45, 7) is -0.735. The van der Waals surface area contributed by atoms with Crippen LogP contribution in [-0.4, -0.2) is 27.5 Å². The molecule has 0 spiro atoms. The van der Waals surface area contributed by atoms with Crippen molar-refractivity contribution in [2.75, 3.05) is 6.61 Å². The maximum absolute atomic E-state index is 13.5. The van der Waals surface area contributed by atoms with E-state index in [2.05, 4.69) is 9.97 Å². The molecule has 1 heterocycles. The molecule has 0 fully saturated rings. The van der Waals surface area contributed by atoms with Gasteiger partial charge in [-0.25, -0.2) is 27.5 Å². The summed E-state index contributed by atoms with van der Waals surface area (Å²) in [6, 6.07) is 0.109. The zero-order chi connectivity index (χ0) is 15.6. The summed E-state index contributed by atoms with van der Waals surface area (Å²) < 4.78 is 53.0. The van der Waals surface area contributed by atoms with Gasteiger partial charge in [-0.15, -0.1) is 0 Å². The molecule has 0 bridgehead atoms. The lowest BCUT2D eigenvalue weighted by atomic mass is 10.1. The van der Waals surface area contributed by atoms with E-state index < -0.39 is 47.6 Å². The molecule has 0 aliphatic heterocycles. The van der Waals surface area contributed by atoms with Crippen LogP contribution in [0.4, 0.5) is 17.6 Å². The lowest BCUT2D eigenvalue weighted by Gasteiger charge is -2.06. The largest absolute Gasteiger partial charge is 0.388 e. The molecule has 0 saturated heterocycles. The first-order valence-corrected chi connectivity index (χ1v) is 5.71. The van der Waals surface area contributed by atoms with Crippen molar-refractivity contribution < 1.29 is 27.5 Å². The first-order chi connectivity index (χ1) is 9.93. The number of halogens is 4. The third-order valence-electron chi connectivity index (χ3n) is 2.71. The van der Waals surface area contributed by atoms with E-state index in [1.165, 1.54) is 0 Å². The quantitative estimate of drug-likeness (QED) is 0.531. The highest BCUT2D eigenvalue weighted by Gasteiger charge is 2.20. The molecule has 21 heavy (non-hydrogen) atoms. The molecule has 0 aliphatic rings. The number of aliphatic hydroxyl groups excluding tert-OH is 1. The van der Waals surface area contributed by atoms with Crippen LogP contribution >= 0.6 is 0 Å². The van der Waals surface area contributed by atoms with Crippen LogP contribution < -0.4 is 0 Å². The van der Waals surface area contributed by atoms with E-state index in [4.69, 9.17) is 5.11 Å². The zero-order valence-electron chi connectivity index (χ0n) is 10.4. The normalized spacial score (nSPS) is 10.7. The third-order valence-corrected chi connectivity index (χ3v) is 2.71. The Kier molecular flexibility index (Phi) is 4.27. The summed E-state index contributed by atoms with van der Waals surface area (Å²) >= 11 is 0. The molecule has 1 aromatic heterocycles. The fourth-order valence-corrected chi connectivity index (χ4v) is 1.62. The van der Waals surface area contributed by atoms with Crippen molar-refractivity contribution in [3.05, 3.63) is 58.7 Å². The van der Waals surface area contributed by atoms with Crippen LogP contribution in [-0.2, 0) is 6.42 Å². The fraction of sp³-hybridized carbons (Fsp3) is 0.154. The van der Waals surface area contributed by atoms with Gasteiger partial charge in [-0.05, 0) is 0 Å². The molecule has 0 amide bonds. The summed E-state index contributed by atoms with van der Waals surface area (Å²) in [4.78, 5) is 18.5. The number of hydrogen-bond donors (Lipinski definition) is 1. The molecule has 110 valence electrons. The van der Waals surface area contributed by atoms with Crippen molar-refractivity contribution >= 4 is 5.78 Å². The maximum Gasteiger partial charge on any atom is 0.191 e. The maximum atomic E-state index is 13.5. The molecule has 0 unspecified atom stereocenters. The number of carbonyl (C=O) groups is 1. The molecule has 0 radical (unpaired) electrons. The summed E-state index contributed by atoms with van der Waals surface area (Å²) in [7, 11) is 0. The Balaban J connectivity index is 2.33. The van der Waals surface area contributed by atoms with E-state index in [0.29, 0.717) is 0 Å². The third kappa shape index (κ3) is 3.05. The first-order valence-electron chi connectivity index (χ1n) is 5.71. The van der Waals surface area contributed by atoms with Gasteiger partial charge in [0.25, 0.3) is 0 Å². The highest BCUT2D eigenvalue weighted by molar-refractivity contribution is 5.96. The number of Topliss-reactive ketones (excluding diaryl/α,β-unsaturated/α-hetero) is 1. The molecule has 2 rings (SSSR count). The average molecular weight is 300 g/mol. The van der Waals surface area contributed by atoms with E-state index in [9.17, 15) is 22.4 Å². The number of ketones is 1. The average Bonchev–Trinajstić information content (AvgIpc) is 2.49. The van der Waals surface area contributed by atoms with E-state index >= 15 is 0 Å². The Labute approximate surface area is 116 Å². The molecule has 2 aromatic rings. The topological polar surface area (TPSA) is 63.1 Å². The number of carbonyl (C=O) groups excluding carboxylic acids is 1. The van der Waals surface area contributed by atoms with Gasteiger partial charge in [-0.3, -0.25) is 4.79 Å². The summed E-state index contributed by atoms with van der Waals surface area (Å²) in [5, 5.41) is 8.64. The molecular weight excluding hydrogens is 292 g/mol. The highest BCUT2D eigenvalue weighted by Crippen LogP contribution is 2.21. The van der Waals surface area contributed by atoms with Crippen molar-refractivity contribution in [1.29, 1.82) is 0 Å². The number of hydrogen-bond acceptors (Lipinski definition) is 4. The Bertz CT molecular complexity index is 663. The van der Waals surface area contributed by atoms with E-state index in [1.54, 1.807) is 0 Å². The monoisotopic (exact) mass is 300 g/mol. The molecule has 0 aliphatic carbocycles. The molecule has 4 nitrogen and oxygen atoms in total. The minimum Gasteiger partial charge on any atom is -0.388 e. The lowest BCUT2D eigenvalue weighted by Crippen LogP contribution is -2.09.